The van der Waals surface area contributed by atoms with E-state index in [1.54, 1.807) is 15.3 Å². The molecular weight excluding hydrogens is 293 g/mol. The minimum atomic E-state index is -0.393. The molecule has 0 saturated heterocycles. The minimum absolute atomic E-state index is 0.277. The van der Waals surface area contributed by atoms with E-state index in [2.05, 4.69) is 17.0 Å². The molecule has 2 heterocycles. The molecule has 0 aliphatic carbocycles. The third-order valence-corrected chi connectivity index (χ3v) is 3.67. The zero-order valence-electron chi connectivity index (χ0n) is 11.8. The Balaban J connectivity index is 2.30. The zero-order chi connectivity index (χ0) is 15.1. The van der Waals surface area contributed by atoms with E-state index in [0.717, 1.165) is 29.7 Å². The highest BCUT2D eigenvalue weighted by Crippen LogP contribution is 2.30. The number of fused-ring (bicyclic) bond motifs is 1. The van der Waals surface area contributed by atoms with Crippen LogP contribution in [0.2, 0.25) is 5.02 Å². The molecule has 0 saturated carbocycles. The monoisotopic (exact) mass is 307 g/mol. The molecule has 0 spiro atoms. The summed E-state index contributed by atoms with van der Waals surface area (Å²) in [5.41, 5.74) is 9.03. The Hall–Kier alpha value is -2.08. The molecule has 0 aliphatic rings. The predicted molar refractivity (Wildman–Crippen MR) is 81.2 cm³/mol. The van der Waals surface area contributed by atoms with Gasteiger partial charge in [-0.3, -0.25) is 4.57 Å². The molecule has 0 fully saturated rings. The lowest BCUT2D eigenvalue weighted by atomic mass is 10.2. The average Bonchev–Trinajstić information content (AvgIpc) is 2.89. The molecule has 0 radical (unpaired) electrons. The van der Waals surface area contributed by atoms with Gasteiger partial charge in [-0.2, -0.15) is 5.10 Å². The second kappa shape index (κ2) is 5.04. The minimum Gasteiger partial charge on any atom is -0.369 e. The smallest absolute Gasteiger partial charge is 0.207 e. The molecule has 3 rings (SSSR count). The van der Waals surface area contributed by atoms with Gasteiger partial charge >= 0.3 is 0 Å². The molecule has 0 atom stereocenters. The van der Waals surface area contributed by atoms with Gasteiger partial charge in [-0.25, -0.2) is 14.1 Å². The summed E-state index contributed by atoms with van der Waals surface area (Å²) in [5, 5.41) is 4.75. The summed E-state index contributed by atoms with van der Waals surface area (Å²) in [6.07, 6.45) is 1.79. The van der Waals surface area contributed by atoms with Gasteiger partial charge in [0.15, 0.2) is 5.65 Å². The van der Waals surface area contributed by atoms with E-state index >= 15 is 0 Å². The van der Waals surface area contributed by atoms with Gasteiger partial charge in [-0.05, 0) is 24.6 Å². The van der Waals surface area contributed by atoms with Crippen LogP contribution in [-0.2, 0) is 13.5 Å². The number of nitrogen functional groups attached to an aromatic ring is 1. The Kier molecular flexibility index (Phi) is 3.33. The molecule has 2 aromatic heterocycles. The molecule has 7 heteroatoms. The standard InChI is InChI=1S/C14H15ClFN5/c1-3-4-10-12-13(20(2)19-10)21(14(17)18-12)11-6-5-8(16)7-9(11)15/h5-7H,3-4H2,1-2H3,(H2,17,18). The normalized spacial score (nSPS) is 11.4. The van der Waals surface area contributed by atoms with Gasteiger partial charge in [0, 0.05) is 7.05 Å². The Morgan fingerprint density at radius 3 is 2.81 bits per heavy atom. The molecule has 21 heavy (non-hydrogen) atoms. The molecule has 0 aliphatic heterocycles. The highest BCUT2D eigenvalue weighted by molar-refractivity contribution is 6.32. The number of nitrogens with two attached hydrogens (primary N) is 1. The van der Waals surface area contributed by atoms with Crippen molar-refractivity contribution in [3.8, 4) is 5.69 Å². The summed E-state index contributed by atoms with van der Waals surface area (Å²) in [5.74, 6) is -0.0841. The average molecular weight is 308 g/mol. The van der Waals surface area contributed by atoms with Gasteiger partial charge in [0.2, 0.25) is 5.95 Å². The van der Waals surface area contributed by atoms with Gasteiger partial charge in [0.25, 0.3) is 0 Å². The number of anilines is 1. The number of benzene rings is 1. The van der Waals surface area contributed by atoms with Crippen LogP contribution in [0.15, 0.2) is 18.2 Å². The molecule has 0 bridgehead atoms. The van der Waals surface area contributed by atoms with E-state index in [0.29, 0.717) is 11.6 Å². The fourth-order valence-corrected chi connectivity index (χ4v) is 2.75. The Morgan fingerprint density at radius 2 is 2.14 bits per heavy atom. The van der Waals surface area contributed by atoms with Crippen LogP contribution in [0.3, 0.4) is 0 Å². The number of hydrogen-bond acceptors (Lipinski definition) is 3. The zero-order valence-corrected chi connectivity index (χ0v) is 12.5. The first kappa shape index (κ1) is 13.9. The van der Waals surface area contributed by atoms with Crippen molar-refractivity contribution in [3.63, 3.8) is 0 Å². The molecular formula is C14H15ClFN5. The maximum Gasteiger partial charge on any atom is 0.207 e. The van der Waals surface area contributed by atoms with Crippen LogP contribution in [-0.4, -0.2) is 19.3 Å². The predicted octanol–water partition coefficient (Wildman–Crippen LogP) is 3.09. The van der Waals surface area contributed by atoms with Crippen molar-refractivity contribution in [2.24, 2.45) is 7.05 Å². The molecule has 2 N–H and O–H groups in total. The fourth-order valence-electron chi connectivity index (χ4n) is 2.50. The third kappa shape index (κ3) is 2.15. The first-order valence-electron chi connectivity index (χ1n) is 6.68. The number of aryl methyl sites for hydroxylation is 2. The van der Waals surface area contributed by atoms with E-state index in [1.807, 2.05) is 7.05 Å². The molecule has 110 valence electrons. The van der Waals surface area contributed by atoms with Crippen molar-refractivity contribution in [2.75, 3.05) is 5.73 Å². The van der Waals surface area contributed by atoms with Crippen LogP contribution in [0.5, 0.6) is 0 Å². The fraction of sp³-hybridized carbons (Fsp3) is 0.286. The lowest BCUT2D eigenvalue weighted by molar-refractivity contribution is 0.627. The van der Waals surface area contributed by atoms with Gasteiger partial charge in [-0.1, -0.05) is 24.9 Å². The van der Waals surface area contributed by atoms with Gasteiger partial charge < -0.3 is 5.73 Å². The summed E-state index contributed by atoms with van der Waals surface area (Å²) >= 11 is 6.14. The maximum atomic E-state index is 13.2. The Labute approximate surface area is 126 Å². The number of rotatable bonds is 3. The number of hydrogen-bond donors (Lipinski definition) is 1. The molecule has 3 aromatic rings. The summed E-state index contributed by atoms with van der Waals surface area (Å²) in [4.78, 5) is 4.40. The molecule has 0 unspecified atom stereocenters. The van der Waals surface area contributed by atoms with E-state index in [1.165, 1.54) is 12.1 Å². The second-order valence-electron chi connectivity index (χ2n) is 4.89. The van der Waals surface area contributed by atoms with E-state index in [-0.39, 0.29) is 5.02 Å². The third-order valence-electron chi connectivity index (χ3n) is 3.37. The number of imidazole rings is 1. The van der Waals surface area contributed by atoms with Crippen molar-refractivity contribution >= 4 is 28.7 Å². The Bertz CT molecular complexity index is 820. The largest absolute Gasteiger partial charge is 0.369 e. The summed E-state index contributed by atoms with van der Waals surface area (Å²) < 4.78 is 16.7. The second-order valence-corrected chi connectivity index (χ2v) is 5.30. The number of nitrogens with zero attached hydrogens (tertiary/aromatic N) is 4. The lowest BCUT2D eigenvalue weighted by Crippen LogP contribution is -2.05. The first-order chi connectivity index (χ1) is 10.0. The van der Waals surface area contributed by atoms with Crippen LogP contribution in [0.1, 0.15) is 19.0 Å². The van der Waals surface area contributed by atoms with Crippen molar-refractivity contribution in [1.29, 1.82) is 0 Å². The van der Waals surface area contributed by atoms with Crippen molar-refractivity contribution < 1.29 is 4.39 Å². The van der Waals surface area contributed by atoms with E-state index in [9.17, 15) is 4.39 Å². The summed E-state index contributed by atoms with van der Waals surface area (Å²) in [7, 11) is 1.83. The topological polar surface area (TPSA) is 61.7 Å². The highest BCUT2D eigenvalue weighted by atomic mass is 35.5. The first-order valence-corrected chi connectivity index (χ1v) is 7.06. The van der Waals surface area contributed by atoms with Crippen molar-refractivity contribution in [3.05, 3.63) is 34.7 Å². The van der Waals surface area contributed by atoms with Gasteiger partial charge in [-0.15, -0.1) is 0 Å². The molecule has 5 nitrogen and oxygen atoms in total. The number of halogens is 2. The van der Waals surface area contributed by atoms with Crippen molar-refractivity contribution in [1.82, 2.24) is 19.3 Å². The lowest BCUT2D eigenvalue weighted by Gasteiger charge is -2.08. The van der Waals surface area contributed by atoms with Gasteiger partial charge in [0.1, 0.15) is 11.3 Å². The molecule has 0 amide bonds. The van der Waals surface area contributed by atoms with Crippen LogP contribution in [0.25, 0.3) is 16.9 Å². The SMILES string of the molecule is CCCc1nn(C)c2c1nc(N)n2-c1ccc(F)cc1Cl. The highest BCUT2D eigenvalue weighted by Gasteiger charge is 2.20. The number of aromatic nitrogens is 4. The van der Waals surface area contributed by atoms with Crippen LogP contribution >= 0.6 is 11.6 Å². The van der Waals surface area contributed by atoms with Crippen LogP contribution < -0.4 is 5.73 Å². The van der Waals surface area contributed by atoms with Gasteiger partial charge in [0.05, 0.1) is 16.4 Å². The van der Waals surface area contributed by atoms with Crippen molar-refractivity contribution in [2.45, 2.75) is 19.8 Å². The van der Waals surface area contributed by atoms with Crippen LogP contribution in [0, 0.1) is 5.82 Å². The summed E-state index contributed by atoms with van der Waals surface area (Å²) in [6.45, 7) is 2.08. The molecule has 1 aromatic carbocycles. The van der Waals surface area contributed by atoms with E-state index in [4.69, 9.17) is 17.3 Å². The summed E-state index contributed by atoms with van der Waals surface area (Å²) in [6, 6.07) is 4.18. The Morgan fingerprint density at radius 1 is 1.38 bits per heavy atom. The van der Waals surface area contributed by atoms with E-state index < -0.39 is 5.82 Å². The van der Waals surface area contributed by atoms with Crippen LogP contribution in [0.4, 0.5) is 10.3 Å². The quantitative estimate of drug-likeness (QED) is 0.809. The maximum absolute atomic E-state index is 13.2.